The number of nitrogens with one attached hydrogen (secondary N) is 2. The first-order valence-corrected chi connectivity index (χ1v) is 11.7. The van der Waals surface area contributed by atoms with Crippen molar-refractivity contribution in [3.05, 3.63) is 24.3 Å². The van der Waals surface area contributed by atoms with Gasteiger partial charge in [0.1, 0.15) is 5.75 Å². The first-order chi connectivity index (χ1) is 15.0. The number of hydrogen-bond acceptors (Lipinski definition) is 7. The lowest BCUT2D eigenvalue weighted by molar-refractivity contribution is -0.117. The first-order valence-electron chi connectivity index (χ1n) is 10.7. The molecule has 31 heavy (non-hydrogen) atoms. The number of aromatic nitrogens is 2. The minimum absolute atomic E-state index is 0.0263. The Morgan fingerprint density at radius 1 is 1.10 bits per heavy atom. The molecule has 1 aromatic heterocycles. The van der Waals surface area contributed by atoms with E-state index in [0.29, 0.717) is 5.89 Å². The van der Waals surface area contributed by atoms with Gasteiger partial charge >= 0.3 is 6.03 Å². The Labute approximate surface area is 184 Å². The van der Waals surface area contributed by atoms with Crippen molar-refractivity contribution >= 4 is 23.7 Å². The highest BCUT2D eigenvalue weighted by molar-refractivity contribution is 7.99. The fourth-order valence-corrected chi connectivity index (χ4v) is 6.51. The maximum Gasteiger partial charge on any atom is 0.321 e. The average Bonchev–Trinajstić information content (AvgIpc) is 3.20. The highest BCUT2D eigenvalue weighted by atomic mass is 32.2. The Kier molecular flexibility index (Phi) is 5.37. The molecular weight excluding hydrogens is 416 g/mol. The van der Waals surface area contributed by atoms with Crippen molar-refractivity contribution in [3.63, 3.8) is 0 Å². The second kappa shape index (κ2) is 8.18. The second-order valence-electron chi connectivity index (χ2n) is 9.09. The molecule has 0 spiro atoms. The summed E-state index contributed by atoms with van der Waals surface area (Å²) < 4.78 is 10.7. The summed E-state index contributed by atoms with van der Waals surface area (Å²) in [5, 5.41) is 13.9. The standard InChI is InChI=1S/C22H26N4O4S/c1-29-17-4-2-16(3-5-17)19-25-26-21(30-19)31-12-18(27)23-20(28)24-22-9-13-6-14(10-22)8-15(7-13)11-22/h2-5,13-15H,6-12H2,1H3,(H2,23,24,27,28). The number of urea groups is 1. The number of benzene rings is 1. The molecule has 2 aromatic rings. The summed E-state index contributed by atoms with van der Waals surface area (Å²) in [6.45, 7) is 0. The molecule has 4 fully saturated rings. The highest BCUT2D eigenvalue weighted by Crippen LogP contribution is 2.55. The zero-order valence-corrected chi connectivity index (χ0v) is 18.2. The van der Waals surface area contributed by atoms with E-state index in [9.17, 15) is 9.59 Å². The van der Waals surface area contributed by atoms with Crippen molar-refractivity contribution in [2.75, 3.05) is 12.9 Å². The van der Waals surface area contributed by atoms with Crippen LogP contribution in [0.1, 0.15) is 38.5 Å². The number of amides is 3. The van der Waals surface area contributed by atoms with Gasteiger partial charge in [-0.1, -0.05) is 11.8 Å². The molecule has 8 nitrogen and oxygen atoms in total. The van der Waals surface area contributed by atoms with Crippen LogP contribution >= 0.6 is 11.8 Å². The third-order valence-electron chi connectivity index (χ3n) is 6.74. The summed E-state index contributed by atoms with van der Waals surface area (Å²) in [7, 11) is 1.60. The number of carbonyl (C=O) groups excluding carboxylic acids is 2. The van der Waals surface area contributed by atoms with Crippen molar-refractivity contribution in [2.24, 2.45) is 17.8 Å². The van der Waals surface area contributed by atoms with E-state index in [2.05, 4.69) is 20.8 Å². The van der Waals surface area contributed by atoms with Crippen LogP contribution in [0.4, 0.5) is 4.79 Å². The number of methoxy groups -OCH3 is 1. The predicted octanol–water partition coefficient (Wildman–Crippen LogP) is 3.63. The molecule has 4 aliphatic carbocycles. The van der Waals surface area contributed by atoms with Crippen molar-refractivity contribution in [2.45, 2.75) is 49.3 Å². The molecule has 6 rings (SSSR count). The fourth-order valence-electron chi connectivity index (χ4n) is 5.94. The molecule has 4 aliphatic rings. The summed E-state index contributed by atoms with van der Waals surface area (Å²) in [4.78, 5) is 24.7. The molecule has 3 amide bonds. The average molecular weight is 443 g/mol. The minimum atomic E-state index is -0.392. The quantitative estimate of drug-likeness (QED) is 0.658. The minimum Gasteiger partial charge on any atom is -0.497 e. The maximum absolute atomic E-state index is 12.5. The van der Waals surface area contributed by atoms with Crippen LogP contribution < -0.4 is 15.4 Å². The molecule has 2 N–H and O–H groups in total. The molecule has 9 heteroatoms. The number of imide groups is 1. The summed E-state index contributed by atoms with van der Waals surface area (Å²) in [6, 6.07) is 6.87. The number of hydrogen-bond donors (Lipinski definition) is 2. The largest absolute Gasteiger partial charge is 0.497 e. The van der Waals surface area contributed by atoms with Crippen LogP contribution in [0.5, 0.6) is 5.75 Å². The molecule has 4 bridgehead atoms. The van der Waals surface area contributed by atoms with Gasteiger partial charge in [-0.2, -0.15) is 0 Å². The monoisotopic (exact) mass is 442 g/mol. The topological polar surface area (TPSA) is 106 Å². The smallest absolute Gasteiger partial charge is 0.321 e. The van der Waals surface area contributed by atoms with Gasteiger partial charge in [-0.05, 0) is 80.5 Å². The highest BCUT2D eigenvalue weighted by Gasteiger charge is 2.51. The third-order valence-corrected chi connectivity index (χ3v) is 7.56. The van der Waals surface area contributed by atoms with E-state index in [-0.39, 0.29) is 22.4 Å². The van der Waals surface area contributed by atoms with E-state index in [4.69, 9.17) is 9.15 Å². The van der Waals surface area contributed by atoms with Crippen LogP contribution in [0.3, 0.4) is 0 Å². The van der Waals surface area contributed by atoms with Gasteiger partial charge in [-0.25, -0.2) is 4.79 Å². The Morgan fingerprint density at radius 2 is 1.74 bits per heavy atom. The van der Waals surface area contributed by atoms with Crippen LogP contribution in [-0.4, -0.2) is 40.5 Å². The molecule has 164 valence electrons. The molecule has 0 atom stereocenters. The van der Waals surface area contributed by atoms with Gasteiger partial charge in [0, 0.05) is 11.1 Å². The van der Waals surface area contributed by atoms with Crippen LogP contribution in [-0.2, 0) is 4.79 Å². The van der Waals surface area contributed by atoms with Gasteiger partial charge in [0.2, 0.25) is 11.8 Å². The number of nitrogens with zero attached hydrogens (tertiary/aromatic N) is 2. The number of thioether (sulfide) groups is 1. The van der Waals surface area contributed by atoms with Gasteiger partial charge in [0.15, 0.2) is 0 Å². The Balaban J connectivity index is 1.11. The molecule has 0 aliphatic heterocycles. The molecular formula is C22H26N4O4S. The van der Waals surface area contributed by atoms with Gasteiger partial charge in [0.25, 0.3) is 5.22 Å². The van der Waals surface area contributed by atoms with E-state index >= 15 is 0 Å². The summed E-state index contributed by atoms with van der Waals surface area (Å²) >= 11 is 1.11. The maximum atomic E-state index is 12.5. The van der Waals surface area contributed by atoms with Crippen molar-refractivity contribution in [1.82, 2.24) is 20.8 Å². The lowest BCUT2D eigenvalue weighted by Crippen LogP contribution is -2.61. The van der Waals surface area contributed by atoms with Crippen molar-refractivity contribution in [3.8, 4) is 17.2 Å². The molecule has 0 unspecified atom stereocenters. The van der Waals surface area contributed by atoms with Crippen LogP contribution in [0.2, 0.25) is 0 Å². The normalized spacial score (nSPS) is 28.4. The van der Waals surface area contributed by atoms with E-state index in [1.54, 1.807) is 7.11 Å². The number of carbonyl (C=O) groups is 2. The van der Waals surface area contributed by atoms with E-state index < -0.39 is 6.03 Å². The van der Waals surface area contributed by atoms with Crippen molar-refractivity contribution < 1.29 is 18.7 Å². The van der Waals surface area contributed by atoms with Crippen LogP contribution in [0.25, 0.3) is 11.5 Å². The van der Waals surface area contributed by atoms with E-state index in [1.165, 1.54) is 19.3 Å². The van der Waals surface area contributed by atoms with Gasteiger partial charge < -0.3 is 14.5 Å². The second-order valence-corrected chi connectivity index (χ2v) is 10.0. The molecule has 1 heterocycles. The van der Waals surface area contributed by atoms with E-state index in [1.807, 2.05) is 24.3 Å². The lowest BCUT2D eigenvalue weighted by Gasteiger charge is -2.56. The van der Waals surface area contributed by atoms with Gasteiger partial charge in [-0.15, -0.1) is 10.2 Å². The summed E-state index contributed by atoms with van der Waals surface area (Å²) in [5.74, 6) is 2.95. The van der Waals surface area contributed by atoms with Gasteiger partial charge in [0.05, 0.1) is 12.9 Å². The molecule has 0 radical (unpaired) electrons. The molecule has 1 aromatic carbocycles. The zero-order chi connectivity index (χ0) is 21.4. The van der Waals surface area contributed by atoms with Gasteiger partial charge in [-0.3, -0.25) is 10.1 Å². The lowest BCUT2D eigenvalue weighted by atomic mass is 9.53. The number of rotatable bonds is 6. The predicted molar refractivity (Wildman–Crippen MR) is 115 cm³/mol. The Hall–Kier alpha value is -2.55. The van der Waals surface area contributed by atoms with Crippen LogP contribution in [0.15, 0.2) is 33.9 Å². The fraction of sp³-hybridized carbons (Fsp3) is 0.545. The zero-order valence-electron chi connectivity index (χ0n) is 17.4. The molecule has 4 saturated carbocycles. The molecule has 0 saturated heterocycles. The third kappa shape index (κ3) is 4.42. The Bertz CT molecular complexity index is 939. The SMILES string of the molecule is COc1ccc(-c2nnc(SCC(=O)NC(=O)NC34CC5CC(CC(C5)C3)C4)o2)cc1. The first kappa shape index (κ1) is 20.4. The Morgan fingerprint density at radius 3 is 2.35 bits per heavy atom. The summed E-state index contributed by atoms with van der Waals surface area (Å²) in [5.41, 5.74) is 0.644. The summed E-state index contributed by atoms with van der Waals surface area (Å²) in [6.07, 6.45) is 7.06. The van der Waals surface area contributed by atoms with Crippen LogP contribution in [0, 0.1) is 17.8 Å². The van der Waals surface area contributed by atoms with Crippen molar-refractivity contribution in [1.29, 1.82) is 0 Å². The van der Waals surface area contributed by atoms with E-state index in [0.717, 1.165) is 60.1 Å². The number of ether oxygens (including phenoxy) is 1.